The maximum absolute atomic E-state index is 11.1. The molecule has 0 spiro atoms. The van der Waals surface area contributed by atoms with Crippen molar-refractivity contribution >= 4 is 22.8 Å². The van der Waals surface area contributed by atoms with Crippen LogP contribution in [0.2, 0.25) is 0 Å². The lowest BCUT2D eigenvalue weighted by atomic mass is 10.1. The maximum atomic E-state index is 11.1. The Morgan fingerprint density at radius 3 is 2.93 bits per heavy atom. The van der Waals surface area contributed by atoms with Gasteiger partial charge in [-0.2, -0.15) is 0 Å². The fourth-order valence-corrected chi connectivity index (χ4v) is 2.39. The summed E-state index contributed by atoms with van der Waals surface area (Å²) in [6.45, 7) is 5.67. The second-order valence-corrected chi connectivity index (χ2v) is 5.33. The molecule has 1 rings (SSSR count). The SMILES string of the molecule is CCC1CCSC(NC(C)(C)C(N)=O)=N1. The molecule has 0 fully saturated rings. The van der Waals surface area contributed by atoms with E-state index in [9.17, 15) is 4.79 Å². The summed E-state index contributed by atoms with van der Waals surface area (Å²) < 4.78 is 0. The minimum Gasteiger partial charge on any atom is -0.368 e. The molecule has 0 aromatic carbocycles. The van der Waals surface area contributed by atoms with Crippen molar-refractivity contribution in [2.45, 2.75) is 45.2 Å². The number of nitrogens with one attached hydrogen (secondary N) is 1. The number of amidine groups is 1. The molecular formula is C10H19N3OS. The van der Waals surface area contributed by atoms with Gasteiger partial charge in [-0.25, -0.2) is 0 Å². The van der Waals surface area contributed by atoms with Gasteiger partial charge in [0, 0.05) is 5.75 Å². The van der Waals surface area contributed by atoms with Gasteiger partial charge in [-0.1, -0.05) is 18.7 Å². The molecule has 0 aliphatic carbocycles. The highest BCUT2D eigenvalue weighted by Gasteiger charge is 2.27. The van der Waals surface area contributed by atoms with Crippen LogP contribution in [0.1, 0.15) is 33.6 Å². The van der Waals surface area contributed by atoms with E-state index >= 15 is 0 Å². The summed E-state index contributed by atoms with van der Waals surface area (Å²) in [6.07, 6.45) is 2.16. The first-order valence-electron chi connectivity index (χ1n) is 5.24. The van der Waals surface area contributed by atoms with Crippen molar-refractivity contribution in [2.24, 2.45) is 10.7 Å². The second-order valence-electron chi connectivity index (χ2n) is 4.25. The summed E-state index contributed by atoms with van der Waals surface area (Å²) in [5.74, 6) is 0.698. The molecule has 0 saturated carbocycles. The lowest BCUT2D eigenvalue weighted by Crippen LogP contribution is -2.52. The lowest BCUT2D eigenvalue weighted by Gasteiger charge is -2.27. The van der Waals surface area contributed by atoms with Gasteiger partial charge in [-0.05, 0) is 26.7 Å². The smallest absolute Gasteiger partial charge is 0.242 e. The molecule has 0 aromatic rings. The maximum Gasteiger partial charge on any atom is 0.242 e. The summed E-state index contributed by atoms with van der Waals surface area (Å²) >= 11 is 1.66. The number of rotatable bonds is 3. The molecule has 1 unspecified atom stereocenters. The predicted molar refractivity (Wildman–Crippen MR) is 65.0 cm³/mol. The van der Waals surface area contributed by atoms with E-state index in [1.165, 1.54) is 0 Å². The molecule has 0 bridgehead atoms. The van der Waals surface area contributed by atoms with E-state index in [-0.39, 0.29) is 5.91 Å². The average molecular weight is 229 g/mol. The number of hydrogen-bond donors (Lipinski definition) is 2. The number of nitrogens with two attached hydrogens (primary N) is 1. The highest BCUT2D eigenvalue weighted by Crippen LogP contribution is 2.19. The molecule has 1 aliphatic rings. The molecule has 3 N–H and O–H groups in total. The summed E-state index contributed by atoms with van der Waals surface area (Å²) in [5.41, 5.74) is 4.57. The quantitative estimate of drug-likeness (QED) is 0.762. The van der Waals surface area contributed by atoms with Crippen LogP contribution in [0.5, 0.6) is 0 Å². The highest BCUT2D eigenvalue weighted by atomic mass is 32.2. The van der Waals surface area contributed by atoms with Crippen LogP contribution in [0.4, 0.5) is 0 Å². The minimum absolute atomic E-state index is 0.357. The summed E-state index contributed by atoms with van der Waals surface area (Å²) in [7, 11) is 0. The van der Waals surface area contributed by atoms with Crippen LogP contribution in [0.15, 0.2) is 4.99 Å². The van der Waals surface area contributed by atoms with Gasteiger partial charge < -0.3 is 11.1 Å². The zero-order valence-electron chi connectivity index (χ0n) is 9.54. The Kier molecular flexibility index (Phi) is 4.02. The van der Waals surface area contributed by atoms with E-state index in [1.54, 1.807) is 25.6 Å². The van der Waals surface area contributed by atoms with Gasteiger partial charge in [-0.15, -0.1) is 0 Å². The van der Waals surface area contributed by atoms with Gasteiger partial charge in [0.25, 0.3) is 0 Å². The third kappa shape index (κ3) is 3.41. The van der Waals surface area contributed by atoms with E-state index in [1.807, 2.05) is 0 Å². The Morgan fingerprint density at radius 1 is 1.73 bits per heavy atom. The van der Waals surface area contributed by atoms with Gasteiger partial charge >= 0.3 is 0 Å². The number of carbonyl (C=O) groups is 1. The third-order valence-electron chi connectivity index (χ3n) is 2.50. The van der Waals surface area contributed by atoms with Crippen LogP contribution in [-0.4, -0.2) is 28.4 Å². The number of nitrogens with zero attached hydrogens (tertiary/aromatic N) is 1. The number of hydrogen-bond acceptors (Lipinski definition) is 4. The first-order valence-corrected chi connectivity index (χ1v) is 6.23. The topological polar surface area (TPSA) is 67.5 Å². The molecule has 5 heteroatoms. The molecule has 0 saturated heterocycles. The van der Waals surface area contributed by atoms with Crippen molar-refractivity contribution in [2.75, 3.05) is 5.75 Å². The van der Waals surface area contributed by atoms with E-state index in [2.05, 4.69) is 17.2 Å². The van der Waals surface area contributed by atoms with Crippen molar-refractivity contribution in [3.8, 4) is 0 Å². The van der Waals surface area contributed by atoms with E-state index in [0.717, 1.165) is 23.8 Å². The van der Waals surface area contributed by atoms with Crippen molar-refractivity contribution in [1.29, 1.82) is 0 Å². The van der Waals surface area contributed by atoms with Crippen molar-refractivity contribution in [1.82, 2.24) is 5.32 Å². The molecule has 4 nitrogen and oxygen atoms in total. The molecular weight excluding hydrogens is 210 g/mol. The van der Waals surface area contributed by atoms with Gasteiger partial charge in [-0.3, -0.25) is 9.79 Å². The van der Waals surface area contributed by atoms with Crippen molar-refractivity contribution < 1.29 is 4.79 Å². The van der Waals surface area contributed by atoms with E-state index in [0.29, 0.717) is 6.04 Å². The Balaban J connectivity index is 2.65. The fraction of sp³-hybridized carbons (Fsp3) is 0.800. The fourth-order valence-electron chi connectivity index (χ4n) is 1.25. The van der Waals surface area contributed by atoms with Crippen molar-refractivity contribution in [3.05, 3.63) is 0 Å². The minimum atomic E-state index is -0.721. The molecule has 15 heavy (non-hydrogen) atoms. The van der Waals surface area contributed by atoms with Gasteiger partial charge in [0.2, 0.25) is 5.91 Å². The summed E-state index contributed by atoms with van der Waals surface area (Å²) in [5, 5.41) is 3.94. The monoisotopic (exact) mass is 229 g/mol. The Bertz CT molecular complexity index is 276. The average Bonchev–Trinajstić information content (AvgIpc) is 2.17. The largest absolute Gasteiger partial charge is 0.368 e. The standard InChI is InChI=1S/C10H19N3OS/c1-4-7-5-6-15-9(12-7)13-10(2,3)8(11)14/h7H,4-6H2,1-3H3,(H2,11,14)(H,12,13). The number of primary amides is 1. The van der Waals surface area contributed by atoms with Crippen LogP contribution in [0.3, 0.4) is 0 Å². The Labute approximate surface area is 95.1 Å². The third-order valence-corrected chi connectivity index (χ3v) is 3.42. The lowest BCUT2D eigenvalue weighted by molar-refractivity contribution is -0.122. The van der Waals surface area contributed by atoms with E-state index < -0.39 is 5.54 Å². The Hall–Kier alpha value is -0.710. The molecule has 1 aliphatic heterocycles. The number of amides is 1. The number of thioether (sulfide) groups is 1. The van der Waals surface area contributed by atoms with Crippen LogP contribution in [-0.2, 0) is 4.79 Å². The van der Waals surface area contributed by atoms with Crippen LogP contribution >= 0.6 is 11.8 Å². The van der Waals surface area contributed by atoms with Crippen LogP contribution < -0.4 is 11.1 Å². The predicted octanol–water partition coefficient (Wildman–Crippen LogP) is 1.11. The molecule has 1 amide bonds. The molecule has 0 radical (unpaired) electrons. The molecule has 86 valence electrons. The second kappa shape index (κ2) is 4.88. The number of carbonyl (C=O) groups excluding carboxylic acids is 1. The zero-order chi connectivity index (χ0) is 11.5. The Morgan fingerprint density at radius 2 is 2.40 bits per heavy atom. The zero-order valence-corrected chi connectivity index (χ0v) is 10.4. The summed E-state index contributed by atoms with van der Waals surface area (Å²) in [4.78, 5) is 15.7. The molecule has 1 heterocycles. The van der Waals surface area contributed by atoms with Crippen LogP contribution in [0, 0.1) is 0 Å². The summed E-state index contributed by atoms with van der Waals surface area (Å²) in [6, 6.07) is 0.387. The highest BCUT2D eigenvalue weighted by molar-refractivity contribution is 8.13. The van der Waals surface area contributed by atoms with Gasteiger partial charge in [0.15, 0.2) is 5.17 Å². The first-order chi connectivity index (χ1) is 6.95. The van der Waals surface area contributed by atoms with E-state index in [4.69, 9.17) is 5.73 Å². The van der Waals surface area contributed by atoms with Gasteiger partial charge in [0.1, 0.15) is 5.54 Å². The van der Waals surface area contributed by atoms with Crippen molar-refractivity contribution in [3.63, 3.8) is 0 Å². The van der Waals surface area contributed by atoms with Crippen LogP contribution in [0.25, 0.3) is 0 Å². The molecule has 0 aromatic heterocycles. The molecule has 1 atom stereocenters. The first kappa shape index (κ1) is 12.4. The van der Waals surface area contributed by atoms with Gasteiger partial charge in [0.05, 0.1) is 6.04 Å². The normalized spacial score (nSPS) is 22.1. The number of aliphatic imine (C=N–C) groups is 1.